The molecule has 138 valence electrons. The highest BCUT2D eigenvalue weighted by Gasteiger charge is 2.53. The monoisotopic (exact) mass is 369 g/mol. The summed E-state index contributed by atoms with van der Waals surface area (Å²) in [7, 11) is 1.76. The van der Waals surface area contributed by atoms with Gasteiger partial charge in [0.25, 0.3) is 0 Å². The SMILES string of the molecule is COc1cccc([C@H]2CN(Cc3csc(C)n3)[C@H]3C4CCN(CC4)[C@@H]23)c1. The Kier molecular flexibility index (Phi) is 4.26. The number of nitrogens with zero attached hydrogens (tertiary/aromatic N) is 3. The molecule has 5 heteroatoms. The number of rotatable bonds is 4. The van der Waals surface area contributed by atoms with Crippen molar-refractivity contribution in [1.82, 2.24) is 14.8 Å². The summed E-state index contributed by atoms with van der Waals surface area (Å²) in [6.07, 6.45) is 2.72. The summed E-state index contributed by atoms with van der Waals surface area (Å²) in [5, 5.41) is 3.42. The van der Waals surface area contributed by atoms with Crippen molar-refractivity contribution in [3.05, 3.63) is 45.9 Å². The van der Waals surface area contributed by atoms with Gasteiger partial charge in [-0.05, 0) is 56.5 Å². The van der Waals surface area contributed by atoms with Crippen LogP contribution >= 0.6 is 11.3 Å². The van der Waals surface area contributed by atoms with E-state index in [9.17, 15) is 0 Å². The zero-order chi connectivity index (χ0) is 17.7. The molecule has 5 heterocycles. The first-order valence-electron chi connectivity index (χ1n) is 9.76. The summed E-state index contributed by atoms with van der Waals surface area (Å²) in [4.78, 5) is 10.2. The van der Waals surface area contributed by atoms with E-state index in [0.717, 1.165) is 24.8 Å². The fraction of sp³-hybridized carbons (Fsp3) is 0.571. The number of hydrogen-bond acceptors (Lipinski definition) is 5. The zero-order valence-electron chi connectivity index (χ0n) is 15.6. The molecule has 3 atom stereocenters. The third-order valence-electron chi connectivity index (χ3n) is 6.65. The van der Waals surface area contributed by atoms with Gasteiger partial charge in [-0.1, -0.05) is 12.1 Å². The maximum absolute atomic E-state index is 5.50. The standard InChI is InChI=1S/C21H27N3OS/c1-14-22-17(13-26-14)11-24-12-19(16-4-3-5-18(10-16)25-2)21-20(24)15-6-8-23(21)9-7-15/h3-5,10,13,15,19-21H,6-9,11-12H2,1-2H3/t19-,20+,21+/m1/s1. The number of aromatic nitrogens is 1. The lowest BCUT2D eigenvalue weighted by Gasteiger charge is -2.51. The van der Waals surface area contributed by atoms with Gasteiger partial charge in [0.15, 0.2) is 0 Å². The van der Waals surface area contributed by atoms with Crippen molar-refractivity contribution < 1.29 is 4.74 Å². The Morgan fingerprint density at radius 2 is 2.08 bits per heavy atom. The van der Waals surface area contributed by atoms with Gasteiger partial charge in [0.2, 0.25) is 0 Å². The molecule has 2 aromatic rings. The van der Waals surface area contributed by atoms with Crippen molar-refractivity contribution in [3.8, 4) is 5.75 Å². The molecule has 0 aliphatic carbocycles. The number of piperidine rings is 3. The van der Waals surface area contributed by atoms with Gasteiger partial charge < -0.3 is 4.74 Å². The summed E-state index contributed by atoms with van der Waals surface area (Å²) >= 11 is 1.77. The molecule has 26 heavy (non-hydrogen) atoms. The van der Waals surface area contributed by atoms with Crippen LogP contribution in [0.3, 0.4) is 0 Å². The molecule has 4 fully saturated rings. The summed E-state index contributed by atoms with van der Waals surface area (Å²) in [6, 6.07) is 10.1. The Hall–Kier alpha value is -1.43. The molecule has 0 amide bonds. The fourth-order valence-corrected chi connectivity index (χ4v) is 6.18. The van der Waals surface area contributed by atoms with E-state index in [4.69, 9.17) is 9.72 Å². The number of hydrogen-bond donors (Lipinski definition) is 0. The third kappa shape index (κ3) is 2.77. The molecule has 1 aromatic carbocycles. The van der Waals surface area contributed by atoms with Gasteiger partial charge in [-0.15, -0.1) is 11.3 Å². The molecule has 0 saturated carbocycles. The molecule has 1 aromatic heterocycles. The van der Waals surface area contributed by atoms with Crippen LogP contribution < -0.4 is 4.74 Å². The second-order valence-electron chi connectivity index (χ2n) is 8.02. The molecule has 4 nitrogen and oxygen atoms in total. The van der Waals surface area contributed by atoms with Crippen molar-refractivity contribution >= 4 is 11.3 Å². The van der Waals surface area contributed by atoms with Crippen LogP contribution in [0.5, 0.6) is 5.75 Å². The molecular weight excluding hydrogens is 342 g/mol. The van der Waals surface area contributed by atoms with Crippen LogP contribution in [-0.4, -0.2) is 53.6 Å². The molecule has 6 rings (SSSR count). The lowest BCUT2D eigenvalue weighted by atomic mass is 9.75. The number of benzene rings is 1. The Morgan fingerprint density at radius 1 is 1.23 bits per heavy atom. The van der Waals surface area contributed by atoms with Gasteiger partial charge in [0, 0.05) is 36.5 Å². The number of aryl methyl sites for hydroxylation is 1. The van der Waals surface area contributed by atoms with Crippen LogP contribution in [0.25, 0.3) is 0 Å². The van der Waals surface area contributed by atoms with Crippen molar-refractivity contribution in [2.45, 2.75) is 44.3 Å². The molecule has 4 aliphatic heterocycles. The lowest BCUT2D eigenvalue weighted by molar-refractivity contribution is -0.00895. The largest absolute Gasteiger partial charge is 0.497 e. The number of thiazole rings is 1. The number of fused-ring (bicyclic) bond motifs is 2. The van der Waals surface area contributed by atoms with Crippen molar-refractivity contribution in [1.29, 1.82) is 0 Å². The molecule has 0 spiro atoms. The number of ether oxygens (including phenoxy) is 1. The van der Waals surface area contributed by atoms with Crippen molar-refractivity contribution in [2.24, 2.45) is 5.92 Å². The smallest absolute Gasteiger partial charge is 0.119 e. The summed E-state index contributed by atoms with van der Waals surface area (Å²) in [5.74, 6) is 2.39. The predicted octanol–water partition coefficient (Wildman–Crippen LogP) is 3.52. The van der Waals surface area contributed by atoms with Gasteiger partial charge in [0.1, 0.15) is 5.75 Å². The minimum atomic E-state index is 0.568. The van der Waals surface area contributed by atoms with Crippen LogP contribution in [0, 0.1) is 12.8 Å². The first-order valence-corrected chi connectivity index (χ1v) is 10.6. The van der Waals surface area contributed by atoms with E-state index >= 15 is 0 Å². The van der Waals surface area contributed by atoms with Crippen LogP contribution in [0.2, 0.25) is 0 Å². The molecule has 4 saturated heterocycles. The van der Waals surface area contributed by atoms with E-state index in [1.165, 1.54) is 42.2 Å². The minimum Gasteiger partial charge on any atom is -0.497 e. The molecular formula is C21H27N3OS. The quantitative estimate of drug-likeness (QED) is 0.824. The average molecular weight is 370 g/mol. The number of likely N-dealkylation sites (tertiary alicyclic amines) is 1. The highest BCUT2D eigenvalue weighted by molar-refractivity contribution is 7.09. The van der Waals surface area contributed by atoms with E-state index in [0.29, 0.717) is 18.0 Å². The highest BCUT2D eigenvalue weighted by Crippen LogP contribution is 2.47. The molecule has 4 aliphatic rings. The highest BCUT2D eigenvalue weighted by atomic mass is 32.1. The van der Waals surface area contributed by atoms with Crippen LogP contribution in [0.1, 0.15) is 35.0 Å². The van der Waals surface area contributed by atoms with Gasteiger partial charge in [-0.3, -0.25) is 9.80 Å². The average Bonchev–Trinajstić information content (AvgIpc) is 3.28. The van der Waals surface area contributed by atoms with Crippen LogP contribution in [-0.2, 0) is 6.54 Å². The minimum absolute atomic E-state index is 0.568. The Bertz CT molecular complexity index is 783. The molecule has 2 bridgehead atoms. The van der Waals surface area contributed by atoms with E-state index in [2.05, 4.69) is 46.4 Å². The van der Waals surface area contributed by atoms with Gasteiger partial charge in [-0.2, -0.15) is 0 Å². The Morgan fingerprint density at radius 3 is 2.81 bits per heavy atom. The molecule has 0 N–H and O–H groups in total. The van der Waals surface area contributed by atoms with Crippen LogP contribution in [0.15, 0.2) is 29.6 Å². The number of methoxy groups -OCH3 is 1. The van der Waals surface area contributed by atoms with Crippen molar-refractivity contribution in [2.75, 3.05) is 26.7 Å². The second-order valence-corrected chi connectivity index (χ2v) is 9.09. The fourth-order valence-electron chi connectivity index (χ4n) is 5.58. The van der Waals surface area contributed by atoms with Gasteiger partial charge in [0.05, 0.1) is 17.8 Å². The Labute approximate surface area is 159 Å². The summed E-state index contributed by atoms with van der Waals surface area (Å²) in [6.45, 7) is 6.78. The normalized spacial score (nSPS) is 33.4. The predicted molar refractivity (Wildman–Crippen MR) is 105 cm³/mol. The molecule has 0 radical (unpaired) electrons. The van der Waals surface area contributed by atoms with Crippen molar-refractivity contribution in [3.63, 3.8) is 0 Å². The molecule has 0 unspecified atom stereocenters. The third-order valence-corrected chi connectivity index (χ3v) is 7.47. The zero-order valence-corrected chi connectivity index (χ0v) is 16.4. The van der Waals surface area contributed by atoms with Gasteiger partial charge in [-0.25, -0.2) is 4.98 Å². The summed E-state index contributed by atoms with van der Waals surface area (Å²) in [5.41, 5.74) is 2.68. The van der Waals surface area contributed by atoms with E-state index in [-0.39, 0.29) is 0 Å². The van der Waals surface area contributed by atoms with E-state index < -0.39 is 0 Å². The van der Waals surface area contributed by atoms with Crippen LogP contribution in [0.4, 0.5) is 0 Å². The van der Waals surface area contributed by atoms with Gasteiger partial charge >= 0.3 is 0 Å². The first-order chi connectivity index (χ1) is 12.7. The lowest BCUT2D eigenvalue weighted by Crippen LogP contribution is -2.60. The maximum Gasteiger partial charge on any atom is 0.119 e. The Balaban J connectivity index is 1.48. The van der Waals surface area contributed by atoms with E-state index in [1.807, 2.05) is 0 Å². The summed E-state index contributed by atoms with van der Waals surface area (Å²) < 4.78 is 5.50. The first kappa shape index (κ1) is 16.7. The topological polar surface area (TPSA) is 28.6 Å². The van der Waals surface area contributed by atoms with E-state index in [1.54, 1.807) is 18.4 Å². The maximum atomic E-state index is 5.50. The second kappa shape index (κ2) is 6.63.